The number of sulfonamides is 1. The van der Waals surface area contributed by atoms with Gasteiger partial charge < -0.3 is 11.1 Å². The summed E-state index contributed by atoms with van der Waals surface area (Å²) in [6.45, 7) is 4.25. The molecule has 0 radical (unpaired) electrons. The van der Waals surface area contributed by atoms with Gasteiger partial charge in [0, 0.05) is 30.7 Å². The van der Waals surface area contributed by atoms with Crippen LogP contribution in [0, 0.1) is 5.92 Å². The lowest BCUT2D eigenvalue weighted by Gasteiger charge is -2.26. The van der Waals surface area contributed by atoms with Gasteiger partial charge in [-0.3, -0.25) is 4.79 Å². The summed E-state index contributed by atoms with van der Waals surface area (Å²) in [6, 6.07) is 4.59. The minimum absolute atomic E-state index is 0.0102. The topological polar surface area (TPSA) is 92.5 Å². The summed E-state index contributed by atoms with van der Waals surface area (Å²) in [5.74, 6) is -0.258. The van der Waals surface area contributed by atoms with Crippen molar-refractivity contribution in [3.05, 3.63) is 23.2 Å². The van der Waals surface area contributed by atoms with Crippen molar-refractivity contribution in [2.24, 2.45) is 11.7 Å². The highest BCUT2D eigenvalue weighted by molar-refractivity contribution is 7.89. The zero-order chi connectivity index (χ0) is 18.6. The number of carbonyl (C=O) groups is 1. The Kier molecular flexibility index (Phi) is 6.85. The number of nitrogens with two attached hydrogens (primary N) is 1. The molecule has 3 N–H and O–H groups in total. The van der Waals surface area contributed by atoms with Crippen LogP contribution in [0.1, 0.15) is 39.5 Å². The van der Waals surface area contributed by atoms with Crippen LogP contribution in [0.4, 0.5) is 5.69 Å². The van der Waals surface area contributed by atoms with Crippen molar-refractivity contribution in [2.75, 3.05) is 18.4 Å². The average Bonchev–Trinajstić information content (AvgIpc) is 2.57. The van der Waals surface area contributed by atoms with E-state index in [1.807, 2.05) is 0 Å². The number of rotatable bonds is 6. The zero-order valence-electron chi connectivity index (χ0n) is 14.7. The Bertz CT molecular complexity index is 720. The lowest BCUT2D eigenvalue weighted by Crippen LogP contribution is -2.34. The minimum Gasteiger partial charge on any atom is -0.328 e. The van der Waals surface area contributed by atoms with Gasteiger partial charge in [0.2, 0.25) is 15.9 Å². The van der Waals surface area contributed by atoms with Crippen LogP contribution < -0.4 is 11.1 Å². The van der Waals surface area contributed by atoms with Gasteiger partial charge in [-0.2, -0.15) is 4.31 Å². The fraction of sp³-hybridized carbons (Fsp3) is 0.588. The third-order valence-corrected chi connectivity index (χ3v) is 7.14. The summed E-state index contributed by atoms with van der Waals surface area (Å²) in [5.41, 5.74) is 6.37. The lowest BCUT2D eigenvalue weighted by atomic mass is 9.85. The van der Waals surface area contributed by atoms with E-state index in [1.165, 1.54) is 16.4 Å². The van der Waals surface area contributed by atoms with E-state index < -0.39 is 10.0 Å². The molecule has 2 atom stereocenters. The van der Waals surface area contributed by atoms with Crippen molar-refractivity contribution >= 4 is 33.2 Å². The first-order chi connectivity index (χ1) is 11.8. The number of nitrogens with zero attached hydrogens (tertiary/aromatic N) is 1. The number of hydrogen-bond donors (Lipinski definition) is 2. The van der Waals surface area contributed by atoms with Crippen LogP contribution in [0.3, 0.4) is 0 Å². The standard InChI is InChI=1S/C17H26ClN3O3S/c1-3-21(4-2)25(23,24)16-11-14(8-9-15(16)18)20-17(22)12-6-5-7-13(19)10-12/h8-9,11-13H,3-7,10,19H2,1-2H3,(H,20,22). The summed E-state index contributed by atoms with van der Waals surface area (Å²) in [7, 11) is -3.69. The Balaban J connectivity index is 2.22. The quantitative estimate of drug-likeness (QED) is 0.784. The van der Waals surface area contributed by atoms with Crippen LogP contribution in [0.5, 0.6) is 0 Å². The molecule has 6 nitrogen and oxygen atoms in total. The first kappa shape index (κ1) is 20.2. The first-order valence-corrected chi connectivity index (χ1v) is 10.5. The van der Waals surface area contributed by atoms with E-state index in [0.717, 1.165) is 19.3 Å². The molecule has 1 saturated carbocycles. The van der Waals surface area contributed by atoms with Gasteiger partial charge in [0.05, 0.1) is 5.02 Å². The maximum atomic E-state index is 12.7. The molecule has 1 aromatic rings. The predicted molar refractivity (Wildman–Crippen MR) is 100 cm³/mol. The van der Waals surface area contributed by atoms with Gasteiger partial charge in [-0.05, 0) is 37.5 Å². The number of carbonyl (C=O) groups excluding carboxylic acids is 1. The molecule has 1 fully saturated rings. The highest BCUT2D eigenvalue weighted by atomic mass is 35.5. The molecular formula is C17H26ClN3O3S. The highest BCUT2D eigenvalue weighted by Crippen LogP contribution is 2.29. The molecule has 0 heterocycles. The summed E-state index contributed by atoms with van der Waals surface area (Å²) >= 11 is 6.11. The van der Waals surface area contributed by atoms with Crippen molar-refractivity contribution in [3.63, 3.8) is 0 Å². The smallest absolute Gasteiger partial charge is 0.244 e. The Morgan fingerprint density at radius 1 is 1.32 bits per heavy atom. The largest absolute Gasteiger partial charge is 0.328 e. The van der Waals surface area contributed by atoms with Crippen molar-refractivity contribution in [1.82, 2.24) is 4.31 Å². The van der Waals surface area contributed by atoms with Gasteiger partial charge >= 0.3 is 0 Å². The second kappa shape index (κ2) is 8.49. The fourth-order valence-corrected chi connectivity index (χ4v) is 5.15. The average molecular weight is 388 g/mol. The summed E-state index contributed by atoms with van der Waals surface area (Å²) in [5, 5.41) is 2.95. The van der Waals surface area contributed by atoms with Gasteiger partial charge in [0.25, 0.3) is 0 Å². The van der Waals surface area contributed by atoms with Crippen LogP contribution >= 0.6 is 11.6 Å². The molecular weight excluding hydrogens is 362 g/mol. The molecule has 2 unspecified atom stereocenters. The van der Waals surface area contributed by atoms with Crippen LogP contribution in [0.15, 0.2) is 23.1 Å². The van der Waals surface area contributed by atoms with Crippen LogP contribution in [0.25, 0.3) is 0 Å². The number of amides is 1. The zero-order valence-corrected chi connectivity index (χ0v) is 16.2. The molecule has 0 aromatic heterocycles. The Morgan fingerprint density at radius 3 is 2.60 bits per heavy atom. The minimum atomic E-state index is -3.69. The maximum Gasteiger partial charge on any atom is 0.244 e. The molecule has 140 valence electrons. The van der Waals surface area contributed by atoms with Crippen molar-refractivity contribution in [2.45, 2.75) is 50.5 Å². The Hall–Kier alpha value is -1.15. The van der Waals surface area contributed by atoms with Crippen LogP contribution in [0.2, 0.25) is 5.02 Å². The van der Waals surface area contributed by atoms with E-state index in [2.05, 4.69) is 5.32 Å². The molecule has 8 heteroatoms. The van der Waals surface area contributed by atoms with Crippen LogP contribution in [-0.4, -0.2) is 37.8 Å². The molecule has 0 spiro atoms. The SMILES string of the molecule is CCN(CC)S(=O)(=O)c1cc(NC(=O)C2CCCC(N)C2)ccc1Cl. The van der Waals surface area contributed by atoms with Crippen molar-refractivity contribution in [1.29, 1.82) is 0 Å². The molecule has 0 bridgehead atoms. The van der Waals surface area contributed by atoms with Crippen molar-refractivity contribution in [3.8, 4) is 0 Å². The number of halogens is 1. The normalized spacial score (nSPS) is 21.3. The molecule has 1 aromatic carbocycles. The maximum absolute atomic E-state index is 12.7. The van der Waals surface area contributed by atoms with Crippen LogP contribution in [-0.2, 0) is 14.8 Å². The molecule has 2 rings (SSSR count). The molecule has 0 aliphatic heterocycles. The van der Waals surface area contributed by atoms with Gasteiger partial charge in [-0.1, -0.05) is 31.9 Å². The number of benzene rings is 1. The molecule has 0 saturated heterocycles. The third-order valence-electron chi connectivity index (χ3n) is 4.61. The van der Waals surface area contributed by atoms with E-state index in [4.69, 9.17) is 17.3 Å². The number of anilines is 1. The summed E-state index contributed by atoms with van der Waals surface area (Å²) in [4.78, 5) is 12.5. The van der Waals surface area contributed by atoms with E-state index >= 15 is 0 Å². The molecule has 1 aliphatic rings. The van der Waals surface area contributed by atoms with E-state index in [-0.39, 0.29) is 27.8 Å². The van der Waals surface area contributed by atoms with E-state index in [0.29, 0.717) is 25.2 Å². The number of hydrogen-bond acceptors (Lipinski definition) is 4. The van der Waals surface area contributed by atoms with E-state index in [9.17, 15) is 13.2 Å². The highest BCUT2D eigenvalue weighted by Gasteiger charge is 2.27. The van der Waals surface area contributed by atoms with E-state index in [1.54, 1.807) is 19.9 Å². The van der Waals surface area contributed by atoms with Gasteiger partial charge in [-0.15, -0.1) is 0 Å². The Labute approximate surface area is 154 Å². The summed E-state index contributed by atoms with van der Waals surface area (Å²) < 4.78 is 26.8. The first-order valence-electron chi connectivity index (χ1n) is 8.65. The molecule has 1 amide bonds. The van der Waals surface area contributed by atoms with Gasteiger partial charge in [0.1, 0.15) is 4.90 Å². The third kappa shape index (κ3) is 4.73. The second-order valence-corrected chi connectivity index (χ2v) is 8.66. The lowest BCUT2D eigenvalue weighted by molar-refractivity contribution is -0.120. The predicted octanol–water partition coefficient (Wildman–Crippen LogP) is 2.83. The molecule has 25 heavy (non-hydrogen) atoms. The van der Waals surface area contributed by atoms with Gasteiger partial charge in [-0.25, -0.2) is 8.42 Å². The summed E-state index contributed by atoms with van der Waals surface area (Å²) in [6.07, 6.45) is 3.33. The Morgan fingerprint density at radius 2 is 2.00 bits per heavy atom. The second-order valence-electron chi connectivity index (χ2n) is 6.35. The monoisotopic (exact) mass is 387 g/mol. The van der Waals surface area contributed by atoms with Gasteiger partial charge in [0.15, 0.2) is 0 Å². The van der Waals surface area contributed by atoms with Crippen molar-refractivity contribution < 1.29 is 13.2 Å². The fourth-order valence-electron chi connectivity index (χ4n) is 3.19. The number of nitrogens with one attached hydrogen (secondary N) is 1. The molecule has 1 aliphatic carbocycles.